The van der Waals surface area contributed by atoms with Crippen LogP contribution >= 0.6 is 0 Å². The van der Waals surface area contributed by atoms with E-state index in [2.05, 4.69) is 15.5 Å². The number of nitro benzene ring substituents is 2. The van der Waals surface area contributed by atoms with E-state index in [0.29, 0.717) is 22.7 Å². The number of benzene rings is 3. The number of nitrogens with zero attached hydrogens (tertiary/aromatic N) is 4. The molecule has 11 nitrogen and oxygen atoms in total. The molecule has 1 amide bonds. The molecule has 0 saturated heterocycles. The minimum Gasteiger partial charge on any atom is -0.502 e. The number of hydrazone groups is 1. The summed E-state index contributed by atoms with van der Waals surface area (Å²) in [5.74, 6) is -1.42. The van der Waals surface area contributed by atoms with E-state index >= 15 is 0 Å². The van der Waals surface area contributed by atoms with Gasteiger partial charge in [-0.2, -0.15) is 5.10 Å². The second-order valence-corrected chi connectivity index (χ2v) is 7.05. The van der Waals surface area contributed by atoms with Crippen molar-refractivity contribution in [1.29, 1.82) is 0 Å². The molecule has 3 aromatic carbocycles. The Morgan fingerprint density at radius 3 is 2.38 bits per heavy atom. The Kier molecular flexibility index (Phi) is 5.91. The van der Waals surface area contributed by atoms with E-state index in [0.717, 1.165) is 17.8 Å². The van der Waals surface area contributed by atoms with Crippen LogP contribution in [0.4, 0.5) is 11.4 Å². The van der Waals surface area contributed by atoms with Crippen LogP contribution in [0.3, 0.4) is 0 Å². The molecule has 0 bridgehead atoms. The van der Waals surface area contributed by atoms with Crippen molar-refractivity contribution in [3.05, 3.63) is 104 Å². The Labute approximate surface area is 191 Å². The maximum absolute atomic E-state index is 12.9. The second kappa shape index (κ2) is 9.12. The van der Waals surface area contributed by atoms with E-state index in [9.17, 15) is 30.1 Å². The predicted octanol–water partition coefficient (Wildman–Crippen LogP) is 4.19. The maximum atomic E-state index is 12.9. The van der Waals surface area contributed by atoms with E-state index in [1.54, 1.807) is 30.3 Å². The summed E-state index contributed by atoms with van der Waals surface area (Å²) in [5.41, 5.74) is 2.77. The summed E-state index contributed by atoms with van der Waals surface area (Å²) in [7, 11) is 0. The van der Waals surface area contributed by atoms with Crippen LogP contribution in [-0.2, 0) is 0 Å². The quantitative estimate of drug-likeness (QED) is 0.249. The molecule has 168 valence electrons. The molecular formula is C23H15N5O6. The highest BCUT2D eigenvalue weighted by atomic mass is 16.6. The first-order valence-corrected chi connectivity index (χ1v) is 9.79. The molecule has 0 fully saturated rings. The van der Waals surface area contributed by atoms with Crippen molar-refractivity contribution in [3.8, 4) is 17.0 Å². The molecule has 0 aliphatic rings. The first-order chi connectivity index (χ1) is 16.3. The number of pyridine rings is 1. The molecule has 34 heavy (non-hydrogen) atoms. The summed E-state index contributed by atoms with van der Waals surface area (Å²) in [6.07, 6.45) is 0.898. The highest BCUT2D eigenvalue weighted by Crippen LogP contribution is 2.33. The molecule has 0 spiro atoms. The molecule has 0 aliphatic heterocycles. The van der Waals surface area contributed by atoms with Crippen molar-refractivity contribution < 1.29 is 19.7 Å². The number of phenolic OH excluding ortho intramolecular Hbond substituents is 1. The zero-order valence-electron chi connectivity index (χ0n) is 17.3. The number of nitro groups is 2. The van der Waals surface area contributed by atoms with Crippen LogP contribution < -0.4 is 5.43 Å². The monoisotopic (exact) mass is 457 g/mol. The number of phenols is 1. The molecule has 1 heterocycles. The number of aromatic hydroxyl groups is 1. The Bertz CT molecular complexity index is 1470. The number of aromatic nitrogens is 1. The van der Waals surface area contributed by atoms with Crippen molar-refractivity contribution in [2.75, 3.05) is 0 Å². The topological polar surface area (TPSA) is 161 Å². The number of hydrogen-bond donors (Lipinski definition) is 2. The number of rotatable bonds is 6. The lowest BCUT2D eigenvalue weighted by Crippen LogP contribution is -2.18. The largest absolute Gasteiger partial charge is 0.502 e. The van der Waals surface area contributed by atoms with E-state index in [1.807, 2.05) is 30.3 Å². The van der Waals surface area contributed by atoms with Gasteiger partial charge in [0.1, 0.15) is 0 Å². The molecular weight excluding hydrogens is 442 g/mol. The number of amides is 1. The fourth-order valence-electron chi connectivity index (χ4n) is 3.31. The number of fused-ring (bicyclic) bond motifs is 1. The first kappa shape index (κ1) is 22.0. The zero-order chi connectivity index (χ0) is 24.2. The van der Waals surface area contributed by atoms with Gasteiger partial charge in [0, 0.05) is 17.0 Å². The van der Waals surface area contributed by atoms with Gasteiger partial charge in [-0.05, 0) is 12.1 Å². The normalized spacial score (nSPS) is 10.9. The number of para-hydroxylation sites is 1. The molecule has 11 heteroatoms. The summed E-state index contributed by atoms with van der Waals surface area (Å²) < 4.78 is 0. The van der Waals surface area contributed by atoms with Crippen molar-refractivity contribution in [2.24, 2.45) is 5.10 Å². The van der Waals surface area contributed by atoms with Crippen LogP contribution in [0.5, 0.6) is 5.75 Å². The summed E-state index contributed by atoms with van der Waals surface area (Å²) in [5, 5.41) is 36.5. The fraction of sp³-hybridized carbons (Fsp3) is 0. The van der Waals surface area contributed by atoms with Crippen molar-refractivity contribution in [1.82, 2.24) is 10.4 Å². The van der Waals surface area contributed by atoms with Crippen LogP contribution in [0.2, 0.25) is 0 Å². The number of carbonyl (C=O) groups is 1. The number of carbonyl (C=O) groups excluding carboxylic acids is 1. The van der Waals surface area contributed by atoms with E-state index in [4.69, 9.17) is 0 Å². The van der Waals surface area contributed by atoms with Gasteiger partial charge in [-0.15, -0.1) is 0 Å². The smallest absolute Gasteiger partial charge is 0.318 e. The fourth-order valence-corrected chi connectivity index (χ4v) is 3.31. The summed E-state index contributed by atoms with van der Waals surface area (Å²) in [6, 6.07) is 19.5. The van der Waals surface area contributed by atoms with Crippen LogP contribution in [0.25, 0.3) is 22.2 Å². The molecule has 0 atom stereocenters. The average molecular weight is 457 g/mol. The van der Waals surface area contributed by atoms with Crippen molar-refractivity contribution >= 4 is 34.4 Å². The first-order valence-electron chi connectivity index (χ1n) is 9.79. The molecule has 0 unspecified atom stereocenters. The highest BCUT2D eigenvalue weighted by molar-refractivity contribution is 6.07. The number of nitrogens with one attached hydrogen (secondary N) is 1. The standard InChI is InChI=1S/C23H15N5O6/c29-22-15(10-16(27(31)32)11-21(22)28(33)34)13-24-26-23(30)18-12-20(14-6-2-1-3-7-14)25-19-9-5-4-8-17(18)19/h1-13,29H,(H,26,30)/b24-13+. The third kappa shape index (κ3) is 4.39. The lowest BCUT2D eigenvalue weighted by atomic mass is 10.0. The number of non-ortho nitro benzene ring substituents is 1. The van der Waals surface area contributed by atoms with Gasteiger partial charge >= 0.3 is 5.69 Å². The summed E-state index contributed by atoms with van der Waals surface area (Å²) in [6.45, 7) is 0. The zero-order valence-corrected chi connectivity index (χ0v) is 17.3. The predicted molar refractivity (Wildman–Crippen MR) is 124 cm³/mol. The Balaban J connectivity index is 1.68. The van der Waals surface area contributed by atoms with Gasteiger partial charge in [0.25, 0.3) is 11.6 Å². The van der Waals surface area contributed by atoms with Gasteiger partial charge < -0.3 is 5.11 Å². The molecule has 0 radical (unpaired) electrons. The van der Waals surface area contributed by atoms with Gasteiger partial charge in [-0.1, -0.05) is 48.5 Å². The molecule has 2 N–H and O–H groups in total. The third-order valence-corrected chi connectivity index (χ3v) is 4.91. The average Bonchev–Trinajstić information content (AvgIpc) is 2.84. The molecule has 0 saturated carbocycles. The van der Waals surface area contributed by atoms with Crippen LogP contribution in [-0.4, -0.2) is 32.1 Å². The van der Waals surface area contributed by atoms with Gasteiger partial charge in [-0.3, -0.25) is 25.0 Å². The Hall–Kier alpha value is -5.19. The van der Waals surface area contributed by atoms with Crippen molar-refractivity contribution in [2.45, 2.75) is 0 Å². The minimum atomic E-state index is -0.952. The van der Waals surface area contributed by atoms with Crippen LogP contribution in [0, 0.1) is 20.2 Å². The summed E-state index contributed by atoms with van der Waals surface area (Å²) >= 11 is 0. The van der Waals surface area contributed by atoms with Crippen LogP contribution in [0.1, 0.15) is 15.9 Å². The lowest BCUT2D eigenvalue weighted by molar-refractivity contribution is -0.394. The SMILES string of the molecule is O=C(N/N=C/c1cc([N+](=O)[O-])cc([N+](=O)[O-])c1O)c1cc(-c2ccccc2)nc2ccccc12. The van der Waals surface area contributed by atoms with Gasteiger partial charge in [0.05, 0.1) is 44.5 Å². The van der Waals surface area contributed by atoms with E-state index < -0.39 is 32.9 Å². The Morgan fingerprint density at radius 1 is 0.971 bits per heavy atom. The van der Waals surface area contributed by atoms with E-state index in [1.165, 1.54) is 0 Å². The van der Waals surface area contributed by atoms with Crippen LogP contribution in [0.15, 0.2) is 77.9 Å². The molecule has 1 aromatic heterocycles. The summed E-state index contributed by atoms with van der Waals surface area (Å²) in [4.78, 5) is 37.9. The van der Waals surface area contributed by atoms with Gasteiger partial charge in [-0.25, -0.2) is 10.4 Å². The van der Waals surface area contributed by atoms with E-state index in [-0.39, 0.29) is 11.1 Å². The lowest BCUT2D eigenvalue weighted by Gasteiger charge is -2.09. The van der Waals surface area contributed by atoms with Crippen molar-refractivity contribution in [3.63, 3.8) is 0 Å². The highest BCUT2D eigenvalue weighted by Gasteiger charge is 2.23. The maximum Gasteiger partial charge on any atom is 0.318 e. The Morgan fingerprint density at radius 2 is 1.68 bits per heavy atom. The number of hydrogen-bond acceptors (Lipinski definition) is 8. The van der Waals surface area contributed by atoms with Gasteiger partial charge in [0.2, 0.25) is 5.75 Å². The second-order valence-electron chi connectivity index (χ2n) is 7.05. The molecule has 0 aliphatic carbocycles. The third-order valence-electron chi connectivity index (χ3n) is 4.91. The molecule has 4 aromatic rings. The molecule has 4 rings (SSSR count). The van der Waals surface area contributed by atoms with Gasteiger partial charge in [0.15, 0.2) is 0 Å². The minimum absolute atomic E-state index is 0.274.